The summed E-state index contributed by atoms with van der Waals surface area (Å²) in [6.45, 7) is -0.979. The molecule has 0 heterocycles. The van der Waals surface area contributed by atoms with Crippen LogP contribution in [0, 0.1) is 5.82 Å². The predicted octanol–water partition coefficient (Wildman–Crippen LogP) is 8.07. The standard InChI is InChI=1S/C27H27F5O2/c1-2-3-4-5-19-8-13-22(14-9-19)27(31,32)34-23-15-10-20(11-16-23)6-7-21-12-17-25(24(28)18-21)33-26(29)30/h8-18,26H,2-7H2,1H3. The minimum absolute atomic E-state index is 0.0281. The van der Waals surface area contributed by atoms with Gasteiger partial charge in [0.25, 0.3) is 0 Å². The Morgan fingerprint density at radius 3 is 1.97 bits per heavy atom. The number of ether oxygens (including phenoxy) is 2. The van der Waals surface area contributed by atoms with Crippen molar-refractivity contribution in [3.05, 3.63) is 94.8 Å². The Morgan fingerprint density at radius 2 is 1.35 bits per heavy atom. The molecule has 0 N–H and O–H groups in total. The van der Waals surface area contributed by atoms with Crippen LogP contribution in [-0.4, -0.2) is 6.61 Å². The van der Waals surface area contributed by atoms with Crippen molar-refractivity contribution in [2.45, 2.75) is 58.2 Å². The molecule has 0 fully saturated rings. The maximum Gasteiger partial charge on any atom is 0.426 e. The van der Waals surface area contributed by atoms with Crippen LogP contribution in [-0.2, 0) is 25.4 Å². The van der Waals surface area contributed by atoms with E-state index < -0.39 is 24.3 Å². The summed E-state index contributed by atoms with van der Waals surface area (Å²) < 4.78 is 76.5. The predicted molar refractivity (Wildman–Crippen MR) is 121 cm³/mol. The average Bonchev–Trinajstić information content (AvgIpc) is 2.80. The molecule has 3 aromatic rings. The molecule has 0 aliphatic carbocycles. The van der Waals surface area contributed by atoms with Crippen LogP contribution in [0.2, 0.25) is 0 Å². The molecule has 3 aromatic carbocycles. The van der Waals surface area contributed by atoms with Gasteiger partial charge in [0.05, 0.1) is 5.56 Å². The molecule has 182 valence electrons. The second kappa shape index (κ2) is 11.9. The molecule has 0 spiro atoms. The van der Waals surface area contributed by atoms with Gasteiger partial charge in [0.2, 0.25) is 0 Å². The van der Waals surface area contributed by atoms with E-state index in [0.717, 1.165) is 48.9 Å². The van der Waals surface area contributed by atoms with Crippen molar-refractivity contribution >= 4 is 0 Å². The summed E-state index contributed by atoms with van der Waals surface area (Å²) in [6, 6.07) is 16.3. The van der Waals surface area contributed by atoms with E-state index in [0.29, 0.717) is 18.4 Å². The Kier molecular flexibility index (Phi) is 8.91. The second-order valence-electron chi connectivity index (χ2n) is 8.06. The number of alkyl halides is 4. The van der Waals surface area contributed by atoms with Crippen molar-refractivity contribution in [1.82, 2.24) is 0 Å². The number of aryl methyl sites for hydroxylation is 3. The van der Waals surface area contributed by atoms with Crippen LogP contribution in [0.25, 0.3) is 0 Å². The lowest BCUT2D eigenvalue weighted by molar-refractivity contribution is -0.185. The zero-order valence-electron chi connectivity index (χ0n) is 18.9. The Morgan fingerprint density at radius 1 is 0.765 bits per heavy atom. The Balaban J connectivity index is 1.55. The zero-order chi connectivity index (χ0) is 24.6. The molecular formula is C27H27F5O2. The molecule has 7 heteroatoms. The Bertz CT molecular complexity index is 1030. The summed E-state index contributed by atoms with van der Waals surface area (Å²) in [4.78, 5) is 0. The fourth-order valence-corrected chi connectivity index (χ4v) is 3.56. The van der Waals surface area contributed by atoms with Crippen molar-refractivity contribution in [2.24, 2.45) is 0 Å². The monoisotopic (exact) mass is 478 g/mol. The number of hydrogen-bond acceptors (Lipinski definition) is 2. The molecule has 0 bridgehead atoms. The fraction of sp³-hybridized carbons (Fsp3) is 0.333. The van der Waals surface area contributed by atoms with E-state index in [1.54, 1.807) is 24.3 Å². The van der Waals surface area contributed by atoms with Crippen LogP contribution in [0.1, 0.15) is 48.4 Å². The van der Waals surface area contributed by atoms with Crippen molar-refractivity contribution in [1.29, 1.82) is 0 Å². The summed E-state index contributed by atoms with van der Waals surface area (Å²) in [5.74, 6) is -1.34. The van der Waals surface area contributed by atoms with Gasteiger partial charge in [0.15, 0.2) is 11.6 Å². The first kappa shape index (κ1) is 25.5. The molecule has 0 aliphatic rings. The summed E-state index contributed by atoms with van der Waals surface area (Å²) in [5, 5.41) is 0. The molecule has 3 rings (SSSR count). The number of benzene rings is 3. The van der Waals surface area contributed by atoms with Gasteiger partial charge < -0.3 is 9.47 Å². The summed E-state index contributed by atoms with van der Waals surface area (Å²) >= 11 is 0. The first-order valence-corrected chi connectivity index (χ1v) is 11.2. The highest BCUT2D eigenvalue weighted by molar-refractivity contribution is 5.32. The highest BCUT2D eigenvalue weighted by atomic mass is 19.3. The van der Waals surface area contributed by atoms with Gasteiger partial charge in [-0.1, -0.05) is 50.1 Å². The number of unbranched alkanes of at least 4 members (excludes halogenated alkanes) is 2. The molecule has 0 aromatic heterocycles. The van der Waals surface area contributed by atoms with Gasteiger partial charge in [-0.3, -0.25) is 0 Å². The molecule has 0 radical (unpaired) electrons. The minimum atomic E-state index is -3.47. The van der Waals surface area contributed by atoms with Crippen molar-refractivity contribution in [2.75, 3.05) is 0 Å². The second-order valence-corrected chi connectivity index (χ2v) is 8.06. The Hall–Kier alpha value is -3.09. The molecule has 34 heavy (non-hydrogen) atoms. The maximum atomic E-state index is 14.6. The van der Waals surface area contributed by atoms with Gasteiger partial charge in [-0.15, -0.1) is 0 Å². The highest BCUT2D eigenvalue weighted by Gasteiger charge is 2.34. The summed E-state index contributed by atoms with van der Waals surface area (Å²) in [7, 11) is 0. The van der Waals surface area contributed by atoms with Gasteiger partial charge in [-0.05, 0) is 78.8 Å². The van der Waals surface area contributed by atoms with Crippen molar-refractivity contribution in [3.63, 3.8) is 0 Å². The average molecular weight is 479 g/mol. The number of halogens is 5. The third kappa shape index (κ3) is 7.47. The van der Waals surface area contributed by atoms with E-state index in [4.69, 9.17) is 4.74 Å². The first-order chi connectivity index (χ1) is 16.3. The van der Waals surface area contributed by atoms with Gasteiger partial charge in [0.1, 0.15) is 5.75 Å². The van der Waals surface area contributed by atoms with E-state index in [1.165, 1.54) is 30.3 Å². The van der Waals surface area contributed by atoms with Crippen molar-refractivity contribution in [3.8, 4) is 11.5 Å². The van der Waals surface area contributed by atoms with Gasteiger partial charge in [0, 0.05) is 0 Å². The maximum absolute atomic E-state index is 14.6. The molecule has 0 saturated carbocycles. The molecule has 0 atom stereocenters. The lowest BCUT2D eigenvalue weighted by Crippen LogP contribution is -2.21. The molecule has 2 nitrogen and oxygen atoms in total. The molecular weight excluding hydrogens is 451 g/mol. The normalized spacial score (nSPS) is 11.6. The molecule has 0 amide bonds. The summed E-state index contributed by atoms with van der Waals surface area (Å²) in [5.41, 5.74) is 2.25. The SMILES string of the molecule is CCCCCc1ccc(C(F)(F)Oc2ccc(CCc3ccc(OC(F)F)c(F)c3)cc2)cc1. The fourth-order valence-electron chi connectivity index (χ4n) is 3.56. The quantitative estimate of drug-likeness (QED) is 0.194. The van der Waals surface area contributed by atoms with Crippen LogP contribution in [0.15, 0.2) is 66.7 Å². The number of hydrogen-bond donors (Lipinski definition) is 0. The van der Waals surface area contributed by atoms with Gasteiger partial charge >= 0.3 is 12.7 Å². The van der Waals surface area contributed by atoms with Gasteiger partial charge in [-0.25, -0.2) is 4.39 Å². The lowest BCUT2D eigenvalue weighted by atomic mass is 10.0. The minimum Gasteiger partial charge on any atom is -0.432 e. The van der Waals surface area contributed by atoms with Crippen molar-refractivity contribution < 1.29 is 31.4 Å². The largest absolute Gasteiger partial charge is 0.432 e. The van der Waals surface area contributed by atoms with Crippen LogP contribution >= 0.6 is 0 Å². The van der Waals surface area contributed by atoms with Crippen LogP contribution in [0.4, 0.5) is 22.0 Å². The lowest BCUT2D eigenvalue weighted by Gasteiger charge is -2.19. The first-order valence-electron chi connectivity index (χ1n) is 11.2. The molecule has 0 aliphatic heterocycles. The van der Waals surface area contributed by atoms with Crippen LogP contribution in [0.5, 0.6) is 11.5 Å². The Labute approximate surface area is 196 Å². The van der Waals surface area contributed by atoms with Crippen LogP contribution in [0.3, 0.4) is 0 Å². The third-order valence-electron chi connectivity index (χ3n) is 5.44. The topological polar surface area (TPSA) is 18.5 Å². The smallest absolute Gasteiger partial charge is 0.426 e. The van der Waals surface area contributed by atoms with E-state index in [2.05, 4.69) is 11.7 Å². The summed E-state index contributed by atoms with van der Waals surface area (Å²) in [6.07, 6.45) is 1.58. The van der Waals surface area contributed by atoms with E-state index in [1.807, 2.05) is 0 Å². The molecule has 0 saturated heterocycles. The highest BCUT2D eigenvalue weighted by Crippen LogP contribution is 2.32. The number of rotatable bonds is 12. The van der Waals surface area contributed by atoms with Gasteiger partial charge in [-0.2, -0.15) is 17.6 Å². The van der Waals surface area contributed by atoms with E-state index in [9.17, 15) is 22.0 Å². The zero-order valence-corrected chi connectivity index (χ0v) is 18.9. The van der Waals surface area contributed by atoms with E-state index in [-0.39, 0.29) is 11.3 Å². The third-order valence-corrected chi connectivity index (χ3v) is 5.44. The molecule has 0 unspecified atom stereocenters. The van der Waals surface area contributed by atoms with E-state index >= 15 is 0 Å². The van der Waals surface area contributed by atoms with Crippen LogP contribution < -0.4 is 9.47 Å².